The van der Waals surface area contributed by atoms with Gasteiger partial charge >= 0.3 is 0 Å². The first-order chi connectivity index (χ1) is 8.77. The standard InChI is InChI=1S/C14H26N2O2/c1-2-16(12-7-5-6-11(12)10-15)14(17)13-8-3-4-9-18-13/h11-13H,2-10,15H2,1H3. The SMILES string of the molecule is CCN(C(=O)C1CCCCO1)C1CCCC1CN. The van der Waals surface area contributed by atoms with Crippen molar-refractivity contribution in [3.05, 3.63) is 0 Å². The van der Waals surface area contributed by atoms with Crippen LogP contribution in [0.1, 0.15) is 45.4 Å². The second-order valence-corrected chi connectivity index (χ2v) is 5.47. The van der Waals surface area contributed by atoms with Crippen LogP contribution in [0.2, 0.25) is 0 Å². The normalized spacial score (nSPS) is 32.4. The van der Waals surface area contributed by atoms with Gasteiger partial charge in [-0.25, -0.2) is 0 Å². The number of nitrogens with zero attached hydrogens (tertiary/aromatic N) is 1. The van der Waals surface area contributed by atoms with Crippen LogP contribution >= 0.6 is 0 Å². The minimum Gasteiger partial charge on any atom is -0.368 e. The number of ether oxygens (including phenoxy) is 1. The van der Waals surface area contributed by atoms with Gasteiger partial charge in [-0.1, -0.05) is 6.42 Å². The third kappa shape index (κ3) is 2.86. The lowest BCUT2D eigenvalue weighted by atomic mass is 10.0. The molecule has 2 aliphatic rings. The summed E-state index contributed by atoms with van der Waals surface area (Å²) in [5, 5.41) is 0. The van der Waals surface area contributed by atoms with Gasteiger partial charge in [-0.3, -0.25) is 4.79 Å². The molecule has 18 heavy (non-hydrogen) atoms. The van der Waals surface area contributed by atoms with E-state index < -0.39 is 0 Å². The molecule has 0 radical (unpaired) electrons. The molecule has 1 amide bonds. The minimum atomic E-state index is -0.197. The lowest BCUT2D eigenvalue weighted by molar-refractivity contribution is -0.149. The van der Waals surface area contributed by atoms with Crippen molar-refractivity contribution in [1.29, 1.82) is 0 Å². The second kappa shape index (κ2) is 6.53. The first-order valence-corrected chi connectivity index (χ1v) is 7.40. The number of hydrogen-bond acceptors (Lipinski definition) is 3. The van der Waals surface area contributed by atoms with Crippen LogP contribution in [0.5, 0.6) is 0 Å². The molecule has 3 atom stereocenters. The molecule has 4 heteroatoms. The molecule has 2 N–H and O–H groups in total. The van der Waals surface area contributed by atoms with E-state index in [4.69, 9.17) is 10.5 Å². The molecule has 1 heterocycles. The molecular weight excluding hydrogens is 228 g/mol. The Morgan fingerprint density at radius 1 is 1.28 bits per heavy atom. The Morgan fingerprint density at radius 3 is 2.72 bits per heavy atom. The van der Waals surface area contributed by atoms with E-state index in [1.54, 1.807) is 0 Å². The second-order valence-electron chi connectivity index (χ2n) is 5.47. The van der Waals surface area contributed by atoms with Crippen molar-refractivity contribution in [3.63, 3.8) is 0 Å². The number of likely N-dealkylation sites (N-methyl/N-ethyl adjacent to an activating group) is 1. The van der Waals surface area contributed by atoms with Gasteiger partial charge in [0.2, 0.25) is 0 Å². The van der Waals surface area contributed by atoms with Crippen LogP contribution in [0.25, 0.3) is 0 Å². The van der Waals surface area contributed by atoms with E-state index in [0.29, 0.717) is 18.5 Å². The molecule has 1 aliphatic heterocycles. The molecule has 1 saturated heterocycles. The monoisotopic (exact) mass is 254 g/mol. The van der Waals surface area contributed by atoms with Gasteiger partial charge in [0.25, 0.3) is 5.91 Å². The maximum atomic E-state index is 12.5. The number of rotatable bonds is 4. The highest BCUT2D eigenvalue weighted by Crippen LogP contribution is 2.30. The molecule has 4 nitrogen and oxygen atoms in total. The Morgan fingerprint density at radius 2 is 2.11 bits per heavy atom. The van der Waals surface area contributed by atoms with Crippen LogP contribution in [-0.4, -0.2) is 42.6 Å². The molecular formula is C14H26N2O2. The number of hydrogen-bond donors (Lipinski definition) is 1. The van der Waals surface area contributed by atoms with Crippen LogP contribution in [0.3, 0.4) is 0 Å². The number of amides is 1. The zero-order valence-electron chi connectivity index (χ0n) is 11.4. The van der Waals surface area contributed by atoms with E-state index in [0.717, 1.165) is 45.3 Å². The summed E-state index contributed by atoms with van der Waals surface area (Å²) in [6.45, 7) is 4.27. The summed E-state index contributed by atoms with van der Waals surface area (Å²) in [5.74, 6) is 0.681. The Balaban J connectivity index is 2.00. The van der Waals surface area contributed by atoms with Gasteiger partial charge in [0.1, 0.15) is 6.10 Å². The van der Waals surface area contributed by atoms with Crippen LogP contribution in [0.15, 0.2) is 0 Å². The highest BCUT2D eigenvalue weighted by atomic mass is 16.5. The molecule has 0 spiro atoms. The average molecular weight is 254 g/mol. The number of nitrogens with two attached hydrogens (primary N) is 1. The zero-order valence-corrected chi connectivity index (χ0v) is 11.4. The van der Waals surface area contributed by atoms with Crippen LogP contribution in [0.4, 0.5) is 0 Å². The number of carbonyl (C=O) groups excluding carboxylic acids is 1. The summed E-state index contributed by atoms with van der Waals surface area (Å²) in [4.78, 5) is 14.6. The van der Waals surface area contributed by atoms with Crippen molar-refractivity contribution in [3.8, 4) is 0 Å². The molecule has 2 fully saturated rings. The van der Waals surface area contributed by atoms with Crippen molar-refractivity contribution in [1.82, 2.24) is 4.90 Å². The molecule has 1 aliphatic carbocycles. The first kappa shape index (κ1) is 13.8. The van der Waals surface area contributed by atoms with Gasteiger partial charge in [0.15, 0.2) is 0 Å². The maximum Gasteiger partial charge on any atom is 0.251 e. The fraction of sp³-hybridized carbons (Fsp3) is 0.929. The van der Waals surface area contributed by atoms with E-state index in [-0.39, 0.29) is 12.0 Å². The Bertz CT molecular complexity index is 277. The molecule has 0 aromatic carbocycles. The quantitative estimate of drug-likeness (QED) is 0.828. The van der Waals surface area contributed by atoms with Crippen molar-refractivity contribution >= 4 is 5.91 Å². The maximum absolute atomic E-state index is 12.5. The fourth-order valence-corrected chi connectivity index (χ4v) is 3.38. The Hall–Kier alpha value is -0.610. The topological polar surface area (TPSA) is 55.6 Å². The van der Waals surface area contributed by atoms with Crippen LogP contribution in [-0.2, 0) is 9.53 Å². The van der Waals surface area contributed by atoms with Gasteiger partial charge in [-0.2, -0.15) is 0 Å². The van der Waals surface area contributed by atoms with Gasteiger partial charge in [0, 0.05) is 19.2 Å². The lowest BCUT2D eigenvalue weighted by Gasteiger charge is -2.35. The lowest BCUT2D eigenvalue weighted by Crippen LogP contribution is -2.49. The summed E-state index contributed by atoms with van der Waals surface area (Å²) in [6, 6.07) is 0.345. The summed E-state index contributed by atoms with van der Waals surface area (Å²) in [7, 11) is 0. The Labute approximate surface area is 110 Å². The predicted molar refractivity (Wildman–Crippen MR) is 71.2 cm³/mol. The van der Waals surface area contributed by atoms with E-state index in [1.165, 1.54) is 6.42 Å². The molecule has 104 valence electrons. The molecule has 3 unspecified atom stereocenters. The van der Waals surface area contributed by atoms with E-state index in [2.05, 4.69) is 6.92 Å². The summed E-state index contributed by atoms with van der Waals surface area (Å²) >= 11 is 0. The van der Waals surface area contributed by atoms with Gasteiger partial charge in [-0.05, 0) is 51.5 Å². The highest BCUT2D eigenvalue weighted by Gasteiger charge is 2.36. The fourth-order valence-electron chi connectivity index (χ4n) is 3.38. The predicted octanol–water partition coefficient (Wildman–Crippen LogP) is 1.53. The Kier molecular flexibility index (Phi) is 5.01. The van der Waals surface area contributed by atoms with E-state index in [1.807, 2.05) is 4.90 Å². The molecule has 0 bridgehead atoms. The van der Waals surface area contributed by atoms with Crippen molar-refractivity contribution in [2.24, 2.45) is 11.7 Å². The average Bonchev–Trinajstić information content (AvgIpc) is 2.89. The number of carbonyl (C=O) groups is 1. The third-order valence-corrected chi connectivity index (χ3v) is 4.40. The summed E-state index contributed by atoms with van der Waals surface area (Å²) in [5.41, 5.74) is 5.83. The van der Waals surface area contributed by atoms with Crippen molar-refractivity contribution in [2.45, 2.75) is 57.6 Å². The molecule has 0 aromatic rings. The van der Waals surface area contributed by atoms with Crippen molar-refractivity contribution in [2.75, 3.05) is 19.7 Å². The molecule has 0 aromatic heterocycles. The van der Waals surface area contributed by atoms with Gasteiger partial charge in [0.05, 0.1) is 0 Å². The zero-order chi connectivity index (χ0) is 13.0. The smallest absolute Gasteiger partial charge is 0.251 e. The summed E-state index contributed by atoms with van der Waals surface area (Å²) in [6.07, 6.45) is 6.35. The molecule has 2 rings (SSSR count). The first-order valence-electron chi connectivity index (χ1n) is 7.40. The highest BCUT2D eigenvalue weighted by molar-refractivity contribution is 5.81. The van der Waals surface area contributed by atoms with Crippen LogP contribution < -0.4 is 5.73 Å². The summed E-state index contributed by atoms with van der Waals surface area (Å²) < 4.78 is 5.63. The van der Waals surface area contributed by atoms with Crippen molar-refractivity contribution < 1.29 is 9.53 Å². The third-order valence-electron chi connectivity index (χ3n) is 4.40. The minimum absolute atomic E-state index is 0.197. The van der Waals surface area contributed by atoms with E-state index >= 15 is 0 Å². The van der Waals surface area contributed by atoms with Gasteiger partial charge < -0.3 is 15.4 Å². The van der Waals surface area contributed by atoms with E-state index in [9.17, 15) is 4.79 Å². The van der Waals surface area contributed by atoms with Gasteiger partial charge in [-0.15, -0.1) is 0 Å². The molecule has 1 saturated carbocycles. The largest absolute Gasteiger partial charge is 0.368 e. The van der Waals surface area contributed by atoms with Crippen LogP contribution in [0, 0.1) is 5.92 Å².